The van der Waals surface area contributed by atoms with Crippen molar-refractivity contribution in [3.8, 4) is 17.4 Å². The molecule has 1 saturated carbocycles. The first kappa shape index (κ1) is 30.0. The molecule has 1 atom stereocenters. The standard InChI is InChI=1S/C31H36F3N7O3/c1-18(2)41(21-15-31(33,34)16-21)30(42)23-14-20(32)4-5-25(23)44-29-28(37-17-38-39-29)40-12-8-22(9-13-40)43-26-7-11-36-24-6-10-35-19(3)27(24)26/h4-5,7,11,14,17-19,21-22,35H,6,8-10,12-13,15-16H2,1-3H3. The maximum absolute atomic E-state index is 14.4. The van der Waals surface area contributed by atoms with Gasteiger partial charge in [0.15, 0.2) is 5.82 Å². The van der Waals surface area contributed by atoms with Gasteiger partial charge in [-0.1, -0.05) is 0 Å². The molecule has 6 rings (SSSR count). The number of aromatic nitrogens is 4. The zero-order valence-corrected chi connectivity index (χ0v) is 25.0. The summed E-state index contributed by atoms with van der Waals surface area (Å²) in [5.74, 6) is -2.67. The number of carbonyl (C=O) groups is 1. The summed E-state index contributed by atoms with van der Waals surface area (Å²) < 4.78 is 54.3. The lowest BCUT2D eigenvalue weighted by molar-refractivity contribution is -0.120. The highest BCUT2D eigenvalue weighted by Gasteiger charge is 2.50. The lowest BCUT2D eigenvalue weighted by atomic mass is 9.85. The Morgan fingerprint density at radius 1 is 1.14 bits per heavy atom. The quantitative estimate of drug-likeness (QED) is 0.373. The van der Waals surface area contributed by atoms with Gasteiger partial charge in [-0.05, 0) is 45.0 Å². The van der Waals surface area contributed by atoms with E-state index in [0.29, 0.717) is 18.9 Å². The SMILES string of the molecule is CC1NCCc2nccc(OC3CCN(c4ncnnc4Oc4ccc(F)cc4C(=O)N(C(C)C)C4CC(F)(F)C4)CC3)c21. The van der Waals surface area contributed by atoms with Crippen LogP contribution in [0.15, 0.2) is 36.8 Å². The Morgan fingerprint density at radius 3 is 2.64 bits per heavy atom. The summed E-state index contributed by atoms with van der Waals surface area (Å²) in [7, 11) is 0. The van der Waals surface area contributed by atoms with Gasteiger partial charge >= 0.3 is 0 Å². The van der Waals surface area contributed by atoms with Gasteiger partial charge in [0, 0.05) is 81.6 Å². The second-order valence-corrected chi connectivity index (χ2v) is 12.0. The van der Waals surface area contributed by atoms with E-state index in [-0.39, 0.29) is 35.4 Å². The van der Waals surface area contributed by atoms with Gasteiger partial charge < -0.3 is 24.6 Å². The number of anilines is 1. The van der Waals surface area contributed by atoms with Crippen LogP contribution >= 0.6 is 0 Å². The number of piperidine rings is 1. The van der Waals surface area contributed by atoms with Crippen molar-refractivity contribution >= 4 is 11.7 Å². The Kier molecular flexibility index (Phi) is 8.32. The number of nitrogens with one attached hydrogen (secondary N) is 1. The third-order valence-corrected chi connectivity index (χ3v) is 8.52. The van der Waals surface area contributed by atoms with Crippen molar-refractivity contribution in [3.63, 3.8) is 0 Å². The summed E-state index contributed by atoms with van der Waals surface area (Å²) in [6.45, 7) is 7.70. The highest BCUT2D eigenvalue weighted by Crippen LogP contribution is 2.42. The number of fused-ring (bicyclic) bond motifs is 1. The van der Waals surface area contributed by atoms with Gasteiger partial charge in [-0.3, -0.25) is 9.78 Å². The van der Waals surface area contributed by atoms with Crippen LogP contribution in [0.2, 0.25) is 0 Å². The van der Waals surface area contributed by atoms with E-state index < -0.39 is 36.5 Å². The van der Waals surface area contributed by atoms with Crippen LogP contribution < -0.4 is 19.7 Å². The van der Waals surface area contributed by atoms with Crippen molar-refractivity contribution in [2.45, 2.75) is 83.0 Å². The monoisotopic (exact) mass is 611 g/mol. The predicted molar refractivity (Wildman–Crippen MR) is 156 cm³/mol. The normalized spacial score (nSPS) is 20.2. The maximum Gasteiger partial charge on any atom is 0.282 e. The number of hydrogen-bond acceptors (Lipinski definition) is 9. The van der Waals surface area contributed by atoms with Gasteiger partial charge in [-0.25, -0.2) is 18.2 Å². The number of halogens is 3. The Morgan fingerprint density at radius 2 is 1.91 bits per heavy atom. The molecule has 1 saturated heterocycles. The van der Waals surface area contributed by atoms with Crippen LogP contribution in [0, 0.1) is 5.82 Å². The summed E-state index contributed by atoms with van der Waals surface area (Å²) in [5.41, 5.74) is 2.10. The van der Waals surface area contributed by atoms with E-state index in [1.54, 1.807) is 20.0 Å². The molecule has 2 aliphatic heterocycles. The molecule has 2 aromatic heterocycles. The summed E-state index contributed by atoms with van der Waals surface area (Å²) in [6.07, 6.45) is 4.56. The Hall–Kier alpha value is -4.00. The van der Waals surface area contributed by atoms with Crippen LogP contribution in [0.3, 0.4) is 0 Å². The Labute approximate surface area is 254 Å². The van der Waals surface area contributed by atoms with Crippen molar-refractivity contribution in [2.75, 3.05) is 24.5 Å². The topological polar surface area (TPSA) is 106 Å². The molecule has 3 aromatic rings. The van der Waals surface area contributed by atoms with Crippen molar-refractivity contribution in [2.24, 2.45) is 0 Å². The molecule has 234 valence electrons. The average molecular weight is 612 g/mol. The molecule has 4 heterocycles. The molecule has 1 unspecified atom stereocenters. The van der Waals surface area contributed by atoms with Crippen LogP contribution in [-0.4, -0.2) is 74.7 Å². The van der Waals surface area contributed by atoms with Crippen LogP contribution in [0.1, 0.15) is 74.1 Å². The molecular formula is C31H36F3N7O3. The first-order valence-corrected chi connectivity index (χ1v) is 15.1. The minimum Gasteiger partial charge on any atom is -0.490 e. The number of pyridine rings is 1. The molecular weight excluding hydrogens is 575 g/mol. The number of hydrogen-bond donors (Lipinski definition) is 1. The number of ether oxygens (including phenoxy) is 2. The average Bonchev–Trinajstić information content (AvgIpc) is 2.98. The van der Waals surface area contributed by atoms with Gasteiger partial charge in [0.05, 0.1) is 11.3 Å². The van der Waals surface area contributed by atoms with E-state index in [4.69, 9.17) is 9.47 Å². The first-order valence-electron chi connectivity index (χ1n) is 15.1. The molecule has 2 fully saturated rings. The lowest BCUT2D eigenvalue weighted by Crippen LogP contribution is -2.55. The van der Waals surface area contributed by atoms with Crippen LogP contribution in [0.25, 0.3) is 0 Å². The summed E-state index contributed by atoms with van der Waals surface area (Å²) in [6, 6.07) is 4.62. The minimum absolute atomic E-state index is 0.00624. The van der Waals surface area contributed by atoms with Gasteiger partial charge in [0.25, 0.3) is 17.7 Å². The largest absolute Gasteiger partial charge is 0.490 e. The number of rotatable bonds is 8. The Balaban J connectivity index is 1.17. The molecule has 0 spiro atoms. The molecule has 1 N–H and O–H groups in total. The van der Waals surface area contributed by atoms with Crippen molar-refractivity contribution in [3.05, 3.63) is 59.4 Å². The molecule has 0 bridgehead atoms. The van der Waals surface area contributed by atoms with Crippen molar-refractivity contribution in [1.29, 1.82) is 0 Å². The highest BCUT2D eigenvalue weighted by atomic mass is 19.3. The molecule has 3 aliphatic rings. The van der Waals surface area contributed by atoms with Crippen molar-refractivity contribution in [1.82, 2.24) is 30.4 Å². The highest BCUT2D eigenvalue weighted by molar-refractivity contribution is 5.97. The fourth-order valence-corrected chi connectivity index (χ4v) is 6.33. The van der Waals surface area contributed by atoms with Gasteiger partial charge in [-0.2, -0.15) is 0 Å². The van der Waals surface area contributed by atoms with Gasteiger partial charge in [-0.15, -0.1) is 10.2 Å². The van der Waals surface area contributed by atoms with Crippen LogP contribution in [0.4, 0.5) is 19.0 Å². The molecule has 44 heavy (non-hydrogen) atoms. The van der Waals surface area contributed by atoms with E-state index in [9.17, 15) is 18.0 Å². The predicted octanol–water partition coefficient (Wildman–Crippen LogP) is 5.10. The summed E-state index contributed by atoms with van der Waals surface area (Å²) in [5, 5.41) is 11.5. The number of amides is 1. The lowest BCUT2D eigenvalue weighted by Gasteiger charge is -2.44. The van der Waals surface area contributed by atoms with E-state index in [0.717, 1.165) is 48.9 Å². The second kappa shape index (κ2) is 12.2. The number of nitrogens with zero attached hydrogens (tertiary/aromatic N) is 6. The van der Waals surface area contributed by atoms with Gasteiger partial charge in [0.2, 0.25) is 0 Å². The third kappa shape index (κ3) is 6.15. The fourth-order valence-electron chi connectivity index (χ4n) is 6.33. The second-order valence-electron chi connectivity index (χ2n) is 12.0. The number of alkyl halides is 2. The smallest absolute Gasteiger partial charge is 0.282 e. The fraction of sp³-hybridized carbons (Fsp3) is 0.516. The zero-order valence-electron chi connectivity index (χ0n) is 25.0. The molecule has 1 aromatic carbocycles. The van der Waals surface area contributed by atoms with Gasteiger partial charge in [0.1, 0.15) is 29.7 Å². The van der Waals surface area contributed by atoms with E-state index >= 15 is 0 Å². The number of benzene rings is 1. The molecule has 0 radical (unpaired) electrons. The third-order valence-electron chi connectivity index (χ3n) is 8.52. The van der Waals surface area contributed by atoms with Crippen LogP contribution in [0.5, 0.6) is 17.4 Å². The minimum atomic E-state index is -2.81. The first-order chi connectivity index (χ1) is 21.1. The summed E-state index contributed by atoms with van der Waals surface area (Å²) >= 11 is 0. The van der Waals surface area contributed by atoms with E-state index in [2.05, 4.69) is 32.4 Å². The van der Waals surface area contributed by atoms with Crippen molar-refractivity contribution < 1.29 is 27.4 Å². The zero-order chi connectivity index (χ0) is 31.0. The summed E-state index contributed by atoms with van der Waals surface area (Å²) in [4.78, 5) is 26.0. The molecule has 1 aliphatic carbocycles. The molecule has 13 heteroatoms. The Bertz CT molecular complexity index is 1510. The van der Waals surface area contributed by atoms with E-state index in [1.807, 2.05) is 11.0 Å². The van der Waals surface area contributed by atoms with E-state index in [1.165, 1.54) is 23.4 Å². The maximum atomic E-state index is 14.4. The molecule has 1 amide bonds. The molecule has 10 nitrogen and oxygen atoms in total. The number of carbonyl (C=O) groups excluding carboxylic acids is 1. The van der Waals surface area contributed by atoms with Crippen LogP contribution in [-0.2, 0) is 6.42 Å².